The molecular formula is C60H58F3N13O17S5. The SMILES string of the molecule is CO/C(C)=C1/NC(=O)C(C(C)O)NC(=O)c2csc(n2)-c2cc(O)c(-c3nc(CNC(=O)C(F)(F)F)cs3)nc2-c2csc(n2)C2COC(=O)c3c4c5c(cccc5n3O)COC(=O)C(OC3CC(C)(O)C(N(C)C)C(C)O3)C(OC4)C(NC(=O)c3csc1n3)c1nc(cs1)C(=O)N2. The molecule has 5 amide bonds. The van der Waals surface area contributed by atoms with Crippen LogP contribution in [0.5, 0.6) is 5.75 Å². The number of rotatable bonds is 8. The Labute approximate surface area is 571 Å². The van der Waals surface area contributed by atoms with Gasteiger partial charge in [0.25, 0.3) is 17.7 Å². The van der Waals surface area contributed by atoms with Gasteiger partial charge in [0.15, 0.2) is 18.1 Å². The summed E-state index contributed by atoms with van der Waals surface area (Å²) in [7, 11) is 4.80. The summed E-state index contributed by atoms with van der Waals surface area (Å²) in [4.78, 5) is 130. The highest BCUT2D eigenvalue weighted by molar-refractivity contribution is 7.14. The van der Waals surface area contributed by atoms with E-state index in [2.05, 4.69) is 36.2 Å². The first-order chi connectivity index (χ1) is 46.6. The van der Waals surface area contributed by atoms with E-state index >= 15 is 9.59 Å². The van der Waals surface area contributed by atoms with E-state index in [0.717, 1.165) is 56.7 Å². The van der Waals surface area contributed by atoms with Gasteiger partial charge in [0.05, 0.1) is 55.3 Å². The second-order valence-corrected chi connectivity index (χ2v) is 27.7. The molecule has 38 heteroatoms. The first-order valence-electron chi connectivity index (χ1n) is 29.6. The number of aromatic nitrogens is 7. The largest absolute Gasteiger partial charge is 0.506 e. The van der Waals surface area contributed by atoms with E-state index in [0.29, 0.717) is 4.73 Å². The molecule has 12 bridgehead atoms. The number of aromatic hydroxyl groups is 1. The number of aliphatic hydroxyl groups is 2. The van der Waals surface area contributed by atoms with Crippen molar-refractivity contribution in [2.24, 2.45) is 0 Å². The van der Waals surface area contributed by atoms with Crippen LogP contribution < -0.4 is 26.6 Å². The zero-order valence-electron chi connectivity index (χ0n) is 52.3. The van der Waals surface area contributed by atoms with Gasteiger partial charge < -0.3 is 80.4 Å². The number of methoxy groups -OCH3 is 1. The molecule has 4 aliphatic rings. The number of ether oxygens (including phenoxy) is 6. The summed E-state index contributed by atoms with van der Waals surface area (Å²) in [5, 5.41) is 66.4. The van der Waals surface area contributed by atoms with E-state index < -0.39 is 146 Å². The Morgan fingerprint density at radius 2 is 1.52 bits per heavy atom. The molecule has 98 heavy (non-hydrogen) atoms. The van der Waals surface area contributed by atoms with Gasteiger partial charge in [0.1, 0.15) is 114 Å². The van der Waals surface area contributed by atoms with Crippen molar-refractivity contribution < 1.29 is 95.7 Å². The molecule has 0 aliphatic carbocycles. The third kappa shape index (κ3) is 13.7. The van der Waals surface area contributed by atoms with Crippen molar-refractivity contribution in [3.05, 3.63) is 112 Å². The molecule has 1 fully saturated rings. The zero-order valence-corrected chi connectivity index (χ0v) is 56.4. The summed E-state index contributed by atoms with van der Waals surface area (Å²) in [6, 6.07) is 0.456. The highest BCUT2D eigenvalue weighted by Gasteiger charge is 2.50. The van der Waals surface area contributed by atoms with Crippen molar-refractivity contribution in [1.82, 2.24) is 66.1 Å². The molecule has 12 rings (SSSR count). The number of thiazole rings is 5. The third-order valence-corrected chi connectivity index (χ3v) is 20.8. The maximum absolute atomic E-state index is 15.2. The van der Waals surface area contributed by atoms with Crippen molar-refractivity contribution in [2.45, 2.75) is 121 Å². The van der Waals surface area contributed by atoms with E-state index in [1.165, 1.54) is 66.1 Å². The van der Waals surface area contributed by atoms with Crippen molar-refractivity contribution in [2.75, 3.05) is 27.8 Å². The molecule has 10 atom stereocenters. The highest BCUT2D eigenvalue weighted by atomic mass is 32.1. The smallest absolute Gasteiger partial charge is 0.471 e. The molecule has 9 N–H and O–H groups in total. The number of amides is 5. The number of carbonyl (C=O) groups excluding carboxylic acids is 7. The summed E-state index contributed by atoms with van der Waals surface area (Å²) < 4.78 is 77.5. The third-order valence-electron chi connectivity index (χ3n) is 16.3. The average molecular weight is 1450 g/mol. The number of alkyl halides is 3. The highest BCUT2D eigenvalue weighted by Crippen LogP contribution is 2.43. The van der Waals surface area contributed by atoms with Crippen LogP contribution in [0.2, 0.25) is 0 Å². The van der Waals surface area contributed by atoms with E-state index in [4.69, 9.17) is 43.4 Å². The molecule has 1 saturated heterocycles. The first-order valence-corrected chi connectivity index (χ1v) is 34.0. The maximum Gasteiger partial charge on any atom is 0.471 e. The van der Waals surface area contributed by atoms with Crippen LogP contribution in [0.1, 0.15) is 120 Å². The number of hydrogen-bond acceptors (Lipinski definition) is 29. The number of fused-ring (bicyclic) bond motifs is 15. The van der Waals surface area contributed by atoms with Gasteiger partial charge in [0.2, 0.25) is 5.91 Å². The lowest BCUT2D eigenvalue weighted by atomic mass is 9.85. The minimum Gasteiger partial charge on any atom is -0.506 e. The molecular weight excluding hydrogens is 1390 g/mol. The van der Waals surface area contributed by atoms with Crippen LogP contribution in [-0.4, -0.2) is 184 Å². The molecule has 7 aromatic heterocycles. The number of carbonyl (C=O) groups is 7. The lowest BCUT2D eigenvalue weighted by molar-refractivity contribution is -0.280. The minimum absolute atomic E-state index is 0.00113. The number of aliphatic hydroxyl groups excluding tert-OH is 1. The van der Waals surface area contributed by atoms with Crippen LogP contribution in [0.4, 0.5) is 13.2 Å². The number of cyclic esters (lactones) is 2. The normalized spacial score (nSPS) is 24.3. The molecule has 30 nitrogen and oxygen atoms in total. The van der Waals surface area contributed by atoms with Gasteiger partial charge in [0, 0.05) is 49.8 Å². The zero-order chi connectivity index (χ0) is 70.0. The Hall–Kier alpha value is -8.96. The molecule has 1 aromatic carbocycles. The summed E-state index contributed by atoms with van der Waals surface area (Å²) >= 11 is 4.33. The Morgan fingerprint density at radius 3 is 2.23 bits per heavy atom. The number of halogens is 3. The Bertz CT molecular complexity index is 4520. The minimum atomic E-state index is -5.19. The van der Waals surface area contributed by atoms with Crippen molar-refractivity contribution in [3.63, 3.8) is 0 Å². The first kappa shape index (κ1) is 69.0. The van der Waals surface area contributed by atoms with E-state index in [1.807, 2.05) is 0 Å². The summed E-state index contributed by atoms with van der Waals surface area (Å²) in [5.74, 6) is -8.83. The predicted molar refractivity (Wildman–Crippen MR) is 342 cm³/mol. The van der Waals surface area contributed by atoms with Crippen LogP contribution in [0, 0.1) is 0 Å². The summed E-state index contributed by atoms with van der Waals surface area (Å²) in [6.07, 6.45) is -12.8. The molecule has 0 spiro atoms. The van der Waals surface area contributed by atoms with E-state index in [1.54, 1.807) is 44.2 Å². The van der Waals surface area contributed by atoms with Gasteiger partial charge >= 0.3 is 24.0 Å². The molecule has 8 aromatic rings. The van der Waals surface area contributed by atoms with Crippen LogP contribution >= 0.6 is 56.7 Å². The molecule has 516 valence electrons. The molecule has 10 unspecified atom stereocenters. The summed E-state index contributed by atoms with van der Waals surface area (Å²) in [6.45, 7) is 3.45. The topological polar surface area (TPSA) is 401 Å². The van der Waals surface area contributed by atoms with Crippen molar-refractivity contribution in [1.29, 1.82) is 0 Å². The molecule has 4 aliphatic heterocycles. The second kappa shape index (κ2) is 27.4. The average Bonchev–Trinajstić information content (AvgIpc) is 1.58. The number of nitrogens with zero attached hydrogens (tertiary/aromatic N) is 8. The van der Waals surface area contributed by atoms with E-state index in [-0.39, 0.29) is 110 Å². The fourth-order valence-corrected chi connectivity index (χ4v) is 16.0. The lowest BCUT2D eigenvalue weighted by Gasteiger charge is -2.48. The number of hydrogen-bond donors (Lipinski definition) is 9. The van der Waals surface area contributed by atoms with Gasteiger partial charge in [-0.2, -0.15) is 17.9 Å². The number of allylic oxidation sites excluding steroid dienone is 1. The van der Waals surface area contributed by atoms with Gasteiger partial charge in [-0.25, -0.2) is 39.5 Å². The van der Waals surface area contributed by atoms with Crippen LogP contribution in [-0.2, 0) is 62.6 Å². The fraction of sp³-hybridized carbons (Fsp3) is 0.383. The number of likely N-dealkylation sites (N-methyl/N-ethyl adjacent to an activating group) is 1. The second-order valence-electron chi connectivity index (χ2n) is 23.3. The van der Waals surface area contributed by atoms with Gasteiger partial charge in [-0.3, -0.25) is 24.0 Å². The fourth-order valence-electron chi connectivity index (χ4n) is 11.8. The van der Waals surface area contributed by atoms with Crippen molar-refractivity contribution in [3.8, 4) is 38.4 Å². The maximum atomic E-state index is 15.2. The quantitative estimate of drug-likeness (QED) is 0.0526. The van der Waals surface area contributed by atoms with Crippen LogP contribution in [0.25, 0.3) is 49.3 Å². The lowest BCUT2D eigenvalue weighted by Crippen LogP contribution is -2.62. The molecule has 11 heterocycles. The Morgan fingerprint density at radius 1 is 0.857 bits per heavy atom. The number of benzene rings is 1. The number of nitrogens with one attached hydrogen (secondary N) is 5. The van der Waals surface area contributed by atoms with Gasteiger partial charge in [-0.1, -0.05) is 12.1 Å². The molecule has 0 radical (unpaired) electrons. The number of esters is 2. The van der Waals surface area contributed by atoms with Gasteiger partial charge in [-0.15, -0.1) is 56.7 Å². The van der Waals surface area contributed by atoms with Gasteiger partial charge in [-0.05, 0) is 59.5 Å². The van der Waals surface area contributed by atoms with Crippen LogP contribution in [0.3, 0.4) is 0 Å². The Balaban J connectivity index is 1.04. The molecule has 0 saturated carbocycles. The number of pyridine rings is 1. The van der Waals surface area contributed by atoms with Crippen LogP contribution in [0.15, 0.2) is 56.9 Å². The van der Waals surface area contributed by atoms with Crippen molar-refractivity contribution >= 4 is 115 Å². The predicted octanol–water partition coefficient (Wildman–Crippen LogP) is 5.34. The Kier molecular flexibility index (Phi) is 19.3. The summed E-state index contributed by atoms with van der Waals surface area (Å²) in [5.41, 5.74) is -3.03. The standard InChI is InChI=1S/C60H58F3N13O17S5/c1-22(77)38-50(82)73-39(23(2)88-7)53-69-33(21-97-53)49(81)74-42-44-45(93-36-12-59(4,86)46(75(5)6)24(3)92-36)57(84)90-14-25-9-8-10-34-37(25)28(15-89-44)43(76(34)87)56(83)91-16-29(66-47(79)31-20-98-55(42)70-31)52-67-30(18-96-52)40-27(51-68-32(19-95-51)48(80)72-38)11-35(78)41(71-40)54-65-26(17-94-54)13-64-58(85)60(61,62)63/h8-11,17-22,24,29,36,38,42,44-46,77-78,86-87H,12-16H2,1-7H3,(H,64,85)(H,66,79)(H,72,80)(H,73,82)(H,74,81)/b39-23+. The monoisotopic (exact) mass is 1450 g/mol. The van der Waals surface area contributed by atoms with E-state index in [9.17, 15) is 57.7 Å².